The van der Waals surface area contributed by atoms with E-state index in [9.17, 15) is 18.0 Å². The summed E-state index contributed by atoms with van der Waals surface area (Å²) < 4.78 is 51.5. The van der Waals surface area contributed by atoms with E-state index in [0.717, 1.165) is 0 Å². The van der Waals surface area contributed by atoms with Crippen molar-refractivity contribution in [1.29, 1.82) is 0 Å². The number of sulfone groups is 1. The van der Waals surface area contributed by atoms with Crippen molar-refractivity contribution in [3.05, 3.63) is 33.8 Å². The normalized spacial score (nSPS) is 32.4. The molecule has 5 atom stereocenters. The van der Waals surface area contributed by atoms with Crippen LogP contribution in [0.1, 0.15) is 25.8 Å². The number of ether oxygens (including phenoxy) is 2. The Morgan fingerprint density at radius 3 is 2.33 bits per heavy atom. The van der Waals surface area contributed by atoms with E-state index in [-0.39, 0.29) is 29.7 Å². The van der Waals surface area contributed by atoms with Crippen molar-refractivity contribution in [2.75, 3.05) is 13.2 Å². The first kappa shape index (κ1) is 23.2. The van der Waals surface area contributed by atoms with Gasteiger partial charge < -0.3 is 15.2 Å². The molecule has 166 valence electrons. The Hall–Kier alpha value is -1.42. The number of hydrogen-bond acceptors (Lipinski definition) is 7. The second-order valence-corrected chi connectivity index (χ2v) is 10.5. The molecule has 2 fully saturated rings. The van der Waals surface area contributed by atoms with Gasteiger partial charge in [0.1, 0.15) is 5.54 Å². The second-order valence-electron chi connectivity index (χ2n) is 7.51. The third-order valence-electron chi connectivity index (χ3n) is 5.80. The molecule has 0 heterocycles. The smallest absolute Gasteiger partial charge is 0.344 e. The van der Waals surface area contributed by atoms with E-state index >= 15 is 4.39 Å². The van der Waals surface area contributed by atoms with Crippen LogP contribution in [0, 0.1) is 11.8 Å². The summed E-state index contributed by atoms with van der Waals surface area (Å²) in [6, 6.07) is 4.34. The molecule has 2 aliphatic rings. The van der Waals surface area contributed by atoms with Crippen molar-refractivity contribution < 1.29 is 31.9 Å². The highest BCUT2D eigenvalue weighted by atomic mass is 35.5. The highest BCUT2D eigenvalue weighted by Gasteiger charge is 2.86. The molecule has 11 heteroatoms. The van der Waals surface area contributed by atoms with E-state index in [0.29, 0.717) is 5.56 Å². The van der Waals surface area contributed by atoms with Gasteiger partial charge in [0.05, 0.1) is 34.3 Å². The molecule has 0 spiro atoms. The van der Waals surface area contributed by atoms with Crippen LogP contribution < -0.4 is 5.73 Å². The fourth-order valence-corrected chi connectivity index (χ4v) is 6.98. The zero-order chi connectivity index (χ0) is 22.5. The zero-order valence-corrected chi connectivity index (χ0v) is 18.7. The average Bonchev–Trinajstić information content (AvgIpc) is 3.12. The summed E-state index contributed by atoms with van der Waals surface area (Å²) in [7, 11) is -4.05. The average molecular weight is 482 g/mol. The molecule has 1 aromatic rings. The summed E-state index contributed by atoms with van der Waals surface area (Å²) >= 11 is 11.8. The molecule has 0 radical (unpaired) electrons. The second kappa shape index (κ2) is 7.93. The third-order valence-corrected chi connectivity index (χ3v) is 8.73. The molecule has 2 N–H and O–H groups in total. The number of hydrogen-bond donors (Lipinski definition) is 1. The summed E-state index contributed by atoms with van der Waals surface area (Å²) in [5.41, 5.74) is 1.90. The third kappa shape index (κ3) is 3.49. The van der Waals surface area contributed by atoms with Gasteiger partial charge in [0, 0.05) is 11.8 Å². The highest BCUT2D eigenvalue weighted by Crippen LogP contribution is 2.68. The molecule has 0 aromatic heterocycles. The van der Waals surface area contributed by atoms with Gasteiger partial charge in [0.15, 0.2) is 9.84 Å². The molecule has 0 amide bonds. The van der Waals surface area contributed by atoms with Gasteiger partial charge in [0.2, 0.25) is 5.67 Å². The molecular formula is C19H22Cl2FNO6S. The van der Waals surface area contributed by atoms with Crippen LogP contribution in [0.25, 0.3) is 0 Å². The molecular weight excluding hydrogens is 460 g/mol. The number of halogens is 3. The number of nitrogens with two attached hydrogens (primary N) is 1. The lowest BCUT2D eigenvalue weighted by Gasteiger charge is -2.33. The standard InChI is InChI=1S/C19H22Cl2FNO6S/c1-3-28-16(24)18(22)11-8-14(19(23,15(11)18)17(25)29-4-2)30(26,27)9-10-5-6-12(20)13(21)7-10/h5-7,11,14-15H,3-4,8-9,23H2,1-2H3/t11-,14?,15+,18?,19?/m1/s1. The fraction of sp³-hybridized carbons (Fsp3) is 0.579. The molecule has 1 aromatic carbocycles. The van der Waals surface area contributed by atoms with Crippen molar-refractivity contribution in [2.45, 2.75) is 42.5 Å². The first-order valence-electron chi connectivity index (χ1n) is 9.42. The van der Waals surface area contributed by atoms with Crippen molar-refractivity contribution >= 4 is 45.0 Å². The van der Waals surface area contributed by atoms with E-state index in [1.807, 2.05) is 0 Å². The minimum absolute atomic E-state index is 0.0556. The first-order valence-corrected chi connectivity index (χ1v) is 11.9. The van der Waals surface area contributed by atoms with Crippen molar-refractivity contribution in [3.8, 4) is 0 Å². The van der Waals surface area contributed by atoms with Crippen molar-refractivity contribution in [2.24, 2.45) is 17.6 Å². The summed E-state index contributed by atoms with van der Waals surface area (Å²) in [5, 5.41) is -0.990. The lowest BCUT2D eigenvalue weighted by atomic mass is 9.90. The lowest BCUT2D eigenvalue weighted by Crippen LogP contribution is -2.62. The van der Waals surface area contributed by atoms with Crippen LogP contribution in [0.4, 0.5) is 4.39 Å². The maximum atomic E-state index is 15.4. The number of alkyl halides is 1. The van der Waals surface area contributed by atoms with Crippen LogP contribution in [0.15, 0.2) is 18.2 Å². The van der Waals surface area contributed by atoms with Gasteiger partial charge in [-0.2, -0.15) is 0 Å². The van der Waals surface area contributed by atoms with Gasteiger partial charge in [-0.15, -0.1) is 0 Å². The Morgan fingerprint density at radius 2 is 1.77 bits per heavy atom. The lowest BCUT2D eigenvalue weighted by molar-refractivity contribution is -0.156. The number of benzene rings is 1. The molecule has 2 aliphatic carbocycles. The summed E-state index contributed by atoms with van der Waals surface area (Å²) in [6.45, 7) is 2.91. The highest BCUT2D eigenvalue weighted by molar-refractivity contribution is 7.91. The van der Waals surface area contributed by atoms with Gasteiger partial charge >= 0.3 is 11.9 Å². The Morgan fingerprint density at radius 1 is 1.17 bits per heavy atom. The monoisotopic (exact) mass is 481 g/mol. The largest absolute Gasteiger partial charge is 0.465 e. The minimum Gasteiger partial charge on any atom is -0.465 e. The predicted molar refractivity (Wildman–Crippen MR) is 108 cm³/mol. The molecule has 30 heavy (non-hydrogen) atoms. The predicted octanol–water partition coefficient (Wildman–Crippen LogP) is 2.46. The molecule has 3 unspecified atom stereocenters. The maximum Gasteiger partial charge on any atom is 0.344 e. The van der Waals surface area contributed by atoms with E-state index in [1.165, 1.54) is 32.0 Å². The Balaban J connectivity index is 1.95. The van der Waals surface area contributed by atoms with Crippen LogP contribution >= 0.6 is 23.2 Å². The van der Waals surface area contributed by atoms with Gasteiger partial charge in [-0.3, -0.25) is 0 Å². The van der Waals surface area contributed by atoms with Gasteiger partial charge in [-0.25, -0.2) is 22.4 Å². The Labute approximate surface area is 183 Å². The summed E-state index contributed by atoms with van der Waals surface area (Å²) in [5.74, 6) is -5.05. The number of rotatable bonds is 7. The molecule has 0 saturated heterocycles. The van der Waals surface area contributed by atoms with Crippen LogP contribution in [0.5, 0.6) is 0 Å². The quantitative estimate of drug-likeness (QED) is 0.594. The van der Waals surface area contributed by atoms with Gasteiger partial charge in [-0.1, -0.05) is 29.3 Å². The number of carbonyl (C=O) groups is 2. The SMILES string of the molecule is CCOC(=O)C1(N)C(S(=O)(=O)Cc2ccc(Cl)c(Cl)c2)C[C@@H]2[C@H]1C2(F)C(=O)OCC. The molecule has 0 aliphatic heterocycles. The minimum atomic E-state index is -4.05. The Bertz CT molecular complexity index is 989. The molecule has 7 nitrogen and oxygen atoms in total. The number of carbonyl (C=O) groups excluding carboxylic acids is 2. The zero-order valence-electron chi connectivity index (χ0n) is 16.4. The fourth-order valence-electron chi connectivity index (χ4n) is 4.48. The van der Waals surface area contributed by atoms with Gasteiger partial charge in [-0.05, 0) is 38.0 Å². The van der Waals surface area contributed by atoms with Crippen LogP contribution in [0.3, 0.4) is 0 Å². The van der Waals surface area contributed by atoms with Crippen molar-refractivity contribution in [3.63, 3.8) is 0 Å². The van der Waals surface area contributed by atoms with Gasteiger partial charge in [0.25, 0.3) is 0 Å². The molecule has 0 bridgehead atoms. The van der Waals surface area contributed by atoms with E-state index in [1.54, 1.807) is 0 Å². The molecule has 3 rings (SSSR count). The van der Waals surface area contributed by atoms with Crippen LogP contribution in [-0.2, 0) is 34.7 Å². The van der Waals surface area contributed by atoms with Crippen LogP contribution in [-0.4, -0.2) is 50.0 Å². The summed E-state index contributed by atoms with van der Waals surface area (Å²) in [4.78, 5) is 24.9. The van der Waals surface area contributed by atoms with E-state index in [2.05, 4.69) is 0 Å². The Kier molecular flexibility index (Phi) is 6.14. The van der Waals surface area contributed by atoms with E-state index < -0.39 is 55.8 Å². The summed E-state index contributed by atoms with van der Waals surface area (Å²) in [6.07, 6.45) is -0.293. The van der Waals surface area contributed by atoms with Crippen LogP contribution in [0.2, 0.25) is 10.0 Å². The molecule has 2 saturated carbocycles. The maximum absolute atomic E-state index is 15.4. The topological polar surface area (TPSA) is 113 Å². The number of esters is 2. The van der Waals surface area contributed by atoms with E-state index in [4.69, 9.17) is 38.4 Å². The number of fused-ring (bicyclic) bond motifs is 1. The first-order chi connectivity index (χ1) is 13.9. The van der Waals surface area contributed by atoms with Crippen molar-refractivity contribution in [1.82, 2.24) is 0 Å².